The minimum Gasteiger partial charge on any atom is -0.490 e. The summed E-state index contributed by atoms with van der Waals surface area (Å²) >= 11 is 0. The Bertz CT molecular complexity index is 438. The molecule has 114 valence electrons. The van der Waals surface area contributed by atoms with E-state index in [2.05, 4.69) is 5.32 Å². The molecule has 0 atom stereocenters. The first-order valence-corrected chi connectivity index (χ1v) is 6.30. The van der Waals surface area contributed by atoms with Gasteiger partial charge < -0.3 is 10.1 Å². The highest BCUT2D eigenvalue weighted by Gasteiger charge is 2.27. The number of rotatable bonds is 5. The monoisotopic (exact) mass is 293 g/mol. The van der Waals surface area contributed by atoms with Crippen LogP contribution in [0.4, 0.5) is 17.6 Å². The van der Waals surface area contributed by atoms with Crippen molar-refractivity contribution >= 4 is 0 Å². The van der Waals surface area contributed by atoms with Gasteiger partial charge in [0.2, 0.25) is 0 Å². The summed E-state index contributed by atoms with van der Waals surface area (Å²) in [5.74, 6) is -0.770. The molecule has 0 bridgehead atoms. The van der Waals surface area contributed by atoms with Crippen molar-refractivity contribution in [2.45, 2.75) is 45.5 Å². The zero-order valence-electron chi connectivity index (χ0n) is 11.8. The highest BCUT2D eigenvalue weighted by Crippen LogP contribution is 2.25. The molecule has 0 aliphatic rings. The molecule has 1 N–H and O–H groups in total. The third kappa shape index (κ3) is 6.23. The summed E-state index contributed by atoms with van der Waals surface area (Å²) in [5.41, 5.74) is 0.317. The molecule has 0 saturated heterocycles. The van der Waals surface area contributed by atoms with Crippen molar-refractivity contribution in [1.82, 2.24) is 5.32 Å². The van der Waals surface area contributed by atoms with E-state index in [0.717, 1.165) is 0 Å². The molecule has 0 aromatic heterocycles. The van der Waals surface area contributed by atoms with Gasteiger partial charge in [-0.05, 0) is 26.8 Å². The van der Waals surface area contributed by atoms with Crippen molar-refractivity contribution in [3.05, 3.63) is 29.6 Å². The third-order valence-electron chi connectivity index (χ3n) is 2.49. The number of hydrogen-bond donors (Lipinski definition) is 1. The van der Waals surface area contributed by atoms with Crippen LogP contribution in [0.25, 0.3) is 0 Å². The molecule has 0 radical (unpaired) electrons. The van der Waals surface area contributed by atoms with Crippen LogP contribution in [0.3, 0.4) is 0 Å². The van der Waals surface area contributed by atoms with Crippen LogP contribution in [0, 0.1) is 5.82 Å². The predicted molar refractivity (Wildman–Crippen MR) is 69.2 cm³/mol. The number of ether oxygens (including phenoxy) is 1. The van der Waals surface area contributed by atoms with E-state index >= 15 is 0 Å². The summed E-state index contributed by atoms with van der Waals surface area (Å²) in [6.45, 7) is 5.55. The number of nitrogens with one attached hydrogen (secondary N) is 1. The van der Waals surface area contributed by atoms with Crippen LogP contribution in [-0.4, -0.2) is 18.3 Å². The lowest BCUT2D eigenvalue weighted by molar-refractivity contribution is -0.139. The molecule has 0 saturated carbocycles. The molecule has 0 unspecified atom stereocenters. The first kappa shape index (κ1) is 16.8. The fourth-order valence-electron chi connectivity index (χ4n) is 1.48. The quantitative estimate of drug-likeness (QED) is 0.827. The van der Waals surface area contributed by atoms with Crippen LogP contribution in [0.1, 0.15) is 32.8 Å². The van der Waals surface area contributed by atoms with E-state index in [1.54, 1.807) is 6.07 Å². The minimum atomic E-state index is -4.31. The smallest absolute Gasteiger partial charge is 0.392 e. The van der Waals surface area contributed by atoms with Crippen molar-refractivity contribution < 1.29 is 22.3 Å². The number of halogens is 4. The van der Waals surface area contributed by atoms with E-state index in [0.29, 0.717) is 12.1 Å². The summed E-state index contributed by atoms with van der Waals surface area (Å²) in [6.07, 6.45) is -5.41. The summed E-state index contributed by atoms with van der Waals surface area (Å²) in [4.78, 5) is 0. The van der Waals surface area contributed by atoms with Crippen LogP contribution in [0.15, 0.2) is 18.2 Å². The van der Waals surface area contributed by atoms with Crippen LogP contribution in [0.5, 0.6) is 5.75 Å². The number of hydrogen-bond acceptors (Lipinski definition) is 2. The summed E-state index contributed by atoms with van der Waals surface area (Å²) in [6, 6.07) is 4.31. The Balaban J connectivity index is 2.73. The topological polar surface area (TPSA) is 21.3 Å². The number of alkyl halides is 3. The van der Waals surface area contributed by atoms with Crippen LogP contribution in [0.2, 0.25) is 0 Å². The Morgan fingerprint density at radius 1 is 1.15 bits per heavy atom. The average molecular weight is 293 g/mol. The first-order chi connectivity index (χ1) is 9.08. The second-order valence-corrected chi connectivity index (χ2v) is 5.55. The molecule has 0 heterocycles. The molecule has 0 spiro atoms. The van der Waals surface area contributed by atoms with Crippen molar-refractivity contribution in [2.24, 2.45) is 0 Å². The van der Waals surface area contributed by atoms with Crippen LogP contribution in [-0.2, 0) is 6.54 Å². The van der Waals surface area contributed by atoms with Gasteiger partial charge in [-0.3, -0.25) is 0 Å². The third-order valence-corrected chi connectivity index (χ3v) is 2.49. The number of benzene rings is 1. The van der Waals surface area contributed by atoms with Crippen molar-refractivity contribution in [1.29, 1.82) is 0 Å². The largest absolute Gasteiger partial charge is 0.490 e. The Kier molecular flexibility index (Phi) is 5.39. The Labute approximate surface area is 116 Å². The summed E-state index contributed by atoms with van der Waals surface area (Å²) in [7, 11) is 0. The normalized spacial score (nSPS) is 12.6. The maximum Gasteiger partial charge on any atom is 0.392 e. The van der Waals surface area contributed by atoms with Gasteiger partial charge in [-0.25, -0.2) is 4.39 Å². The molecule has 0 aliphatic carbocycles. The molecule has 1 aromatic carbocycles. The minimum absolute atomic E-state index is 0.117. The zero-order valence-corrected chi connectivity index (χ0v) is 11.8. The average Bonchev–Trinajstić information content (AvgIpc) is 2.26. The van der Waals surface area contributed by atoms with E-state index in [-0.39, 0.29) is 11.3 Å². The molecular weight excluding hydrogens is 274 g/mol. The van der Waals surface area contributed by atoms with Crippen molar-refractivity contribution in [2.75, 3.05) is 6.61 Å². The maximum absolute atomic E-state index is 13.7. The highest BCUT2D eigenvalue weighted by atomic mass is 19.4. The van der Waals surface area contributed by atoms with Gasteiger partial charge in [0.1, 0.15) is 0 Å². The van der Waals surface area contributed by atoms with Gasteiger partial charge in [0.15, 0.2) is 11.6 Å². The predicted octanol–water partition coefficient (Wildman–Crippen LogP) is 4.05. The second kappa shape index (κ2) is 6.43. The fraction of sp³-hybridized carbons (Fsp3) is 0.571. The molecule has 1 aromatic rings. The van der Waals surface area contributed by atoms with Crippen LogP contribution < -0.4 is 10.1 Å². The van der Waals surface area contributed by atoms with E-state index in [4.69, 9.17) is 4.74 Å². The van der Waals surface area contributed by atoms with Gasteiger partial charge >= 0.3 is 6.18 Å². The molecule has 0 amide bonds. The second-order valence-electron chi connectivity index (χ2n) is 5.55. The van der Waals surface area contributed by atoms with E-state index in [9.17, 15) is 17.6 Å². The summed E-state index contributed by atoms with van der Waals surface area (Å²) in [5, 5.41) is 3.14. The zero-order chi connectivity index (χ0) is 15.4. The van der Waals surface area contributed by atoms with Crippen LogP contribution >= 0.6 is 0 Å². The highest BCUT2D eigenvalue weighted by molar-refractivity contribution is 5.35. The lowest BCUT2D eigenvalue weighted by atomic mass is 10.1. The SMILES string of the molecule is CC(C)(C)NCc1cccc(F)c1OCCC(F)(F)F. The van der Waals surface area contributed by atoms with Gasteiger partial charge in [0.05, 0.1) is 13.0 Å². The Morgan fingerprint density at radius 2 is 1.80 bits per heavy atom. The maximum atomic E-state index is 13.7. The summed E-state index contributed by atoms with van der Waals surface area (Å²) < 4.78 is 54.9. The van der Waals surface area contributed by atoms with Crippen molar-refractivity contribution in [3.63, 3.8) is 0 Å². The molecule has 20 heavy (non-hydrogen) atoms. The van der Waals surface area contributed by atoms with Gasteiger partial charge in [0, 0.05) is 17.6 Å². The van der Waals surface area contributed by atoms with Gasteiger partial charge in [-0.2, -0.15) is 13.2 Å². The number of para-hydroxylation sites is 1. The Hall–Kier alpha value is -1.30. The van der Waals surface area contributed by atoms with E-state index in [1.807, 2.05) is 20.8 Å². The Morgan fingerprint density at radius 3 is 2.35 bits per heavy atom. The molecule has 0 aliphatic heterocycles. The van der Waals surface area contributed by atoms with Crippen molar-refractivity contribution in [3.8, 4) is 5.75 Å². The van der Waals surface area contributed by atoms with E-state index in [1.165, 1.54) is 12.1 Å². The molecule has 6 heteroatoms. The molecule has 1 rings (SSSR count). The lowest BCUT2D eigenvalue weighted by Crippen LogP contribution is -2.35. The molecule has 2 nitrogen and oxygen atoms in total. The van der Waals surface area contributed by atoms with Gasteiger partial charge in [-0.1, -0.05) is 12.1 Å². The van der Waals surface area contributed by atoms with Gasteiger partial charge in [-0.15, -0.1) is 0 Å². The van der Waals surface area contributed by atoms with Gasteiger partial charge in [0.25, 0.3) is 0 Å². The molecular formula is C14H19F4NO. The first-order valence-electron chi connectivity index (χ1n) is 6.30. The molecule has 0 fully saturated rings. The van der Waals surface area contributed by atoms with E-state index < -0.39 is 25.0 Å². The lowest BCUT2D eigenvalue weighted by Gasteiger charge is -2.22. The standard InChI is InChI=1S/C14H19F4NO/c1-13(2,3)19-9-10-5-4-6-11(15)12(10)20-8-7-14(16,17)18/h4-6,19H,7-9H2,1-3H3. The fourth-order valence-corrected chi connectivity index (χ4v) is 1.48.